The minimum absolute atomic E-state index is 0.868. The maximum atomic E-state index is 6.55. The molecule has 3 heterocycles. The lowest BCUT2D eigenvalue weighted by Gasteiger charge is -2.13. The number of benzene rings is 8. The van der Waals surface area contributed by atoms with Gasteiger partial charge in [0, 0.05) is 43.6 Å². The summed E-state index contributed by atoms with van der Waals surface area (Å²) < 4.78 is 11.0. The highest BCUT2D eigenvalue weighted by atomic mass is 16.3. The highest BCUT2D eigenvalue weighted by Crippen LogP contribution is 2.42. The van der Waals surface area contributed by atoms with Gasteiger partial charge in [0.25, 0.3) is 0 Å². The van der Waals surface area contributed by atoms with Gasteiger partial charge >= 0.3 is 0 Å². The Kier molecular flexibility index (Phi) is 7.97. The fourth-order valence-electron chi connectivity index (χ4n) is 9.38. The van der Waals surface area contributed by atoms with Crippen molar-refractivity contribution in [3.8, 4) is 27.9 Å². The van der Waals surface area contributed by atoms with Crippen molar-refractivity contribution < 1.29 is 4.42 Å². The molecular formula is C57H37N3O. The quantitative estimate of drug-likeness (QED) is 0.166. The molecule has 4 heteroatoms. The van der Waals surface area contributed by atoms with Gasteiger partial charge in [-0.3, -0.25) is 0 Å². The van der Waals surface area contributed by atoms with Crippen molar-refractivity contribution >= 4 is 76.8 Å². The first kappa shape index (κ1) is 34.8. The lowest BCUT2D eigenvalue weighted by molar-refractivity contribution is 0.669. The summed E-state index contributed by atoms with van der Waals surface area (Å²) in [6.45, 7) is 4.19. The largest absolute Gasteiger partial charge is 0.456 e. The van der Waals surface area contributed by atoms with Crippen LogP contribution in [0.2, 0.25) is 0 Å². The molecule has 0 bridgehead atoms. The number of hydrogen-bond acceptors (Lipinski definition) is 2. The van der Waals surface area contributed by atoms with E-state index in [0.717, 1.165) is 88.5 Å². The Morgan fingerprint density at radius 2 is 1.10 bits per heavy atom. The van der Waals surface area contributed by atoms with Gasteiger partial charge in [0.15, 0.2) is 0 Å². The topological polar surface area (TPSA) is 35.4 Å². The number of rotatable bonds is 6. The summed E-state index contributed by atoms with van der Waals surface area (Å²) in [7, 11) is 0. The minimum atomic E-state index is 0.868. The van der Waals surface area contributed by atoms with Gasteiger partial charge in [-0.2, -0.15) is 5.10 Å². The first-order valence-corrected chi connectivity index (χ1v) is 20.7. The fraction of sp³-hybridized carbons (Fsp3) is 0. The molecule has 0 spiro atoms. The molecule has 11 aromatic rings. The van der Waals surface area contributed by atoms with E-state index in [1.54, 1.807) is 0 Å². The second-order valence-electron chi connectivity index (χ2n) is 15.6. The lowest BCUT2D eigenvalue weighted by Crippen LogP contribution is -2.06. The average Bonchev–Trinajstić information content (AvgIpc) is 3.97. The Bertz CT molecular complexity index is 3700. The zero-order valence-corrected chi connectivity index (χ0v) is 33.2. The Hall–Kier alpha value is -8.21. The summed E-state index contributed by atoms with van der Waals surface area (Å²) in [4.78, 5) is 0. The van der Waals surface area contributed by atoms with Gasteiger partial charge in [0.1, 0.15) is 11.2 Å². The van der Waals surface area contributed by atoms with E-state index in [1.807, 2.05) is 18.2 Å². The number of allylic oxidation sites excluding steroid dienone is 7. The number of hydrogen-bond donors (Lipinski definition) is 0. The third-order valence-electron chi connectivity index (χ3n) is 12.2. The Morgan fingerprint density at radius 3 is 1.92 bits per heavy atom. The highest BCUT2D eigenvalue weighted by molar-refractivity contribution is 6.19. The van der Waals surface area contributed by atoms with Crippen molar-refractivity contribution in [2.45, 2.75) is 0 Å². The SMILES string of the molecule is C=C/C(=C1/C=CC=C/C1=N/n1c2ccccc2c2cc(-c3cccc4oc5ccc(-c6ccc7c(c6)c6ccccc6n7-c6ccccc6)cc5c34)ccc21)c1ccccc1. The number of nitrogens with zero attached hydrogens (tertiary/aromatic N) is 3. The van der Waals surface area contributed by atoms with Gasteiger partial charge in [-0.15, -0.1) is 0 Å². The number of fused-ring (bicyclic) bond motifs is 9. The molecule has 0 atom stereocenters. The van der Waals surface area contributed by atoms with Crippen LogP contribution in [-0.2, 0) is 0 Å². The van der Waals surface area contributed by atoms with E-state index < -0.39 is 0 Å². The van der Waals surface area contributed by atoms with E-state index in [1.165, 1.54) is 27.4 Å². The van der Waals surface area contributed by atoms with Crippen molar-refractivity contribution in [3.63, 3.8) is 0 Å². The summed E-state index contributed by atoms with van der Waals surface area (Å²) in [5.41, 5.74) is 16.0. The third kappa shape index (κ3) is 5.57. The second-order valence-corrected chi connectivity index (χ2v) is 15.6. The van der Waals surface area contributed by atoms with Crippen molar-refractivity contribution in [3.05, 3.63) is 230 Å². The van der Waals surface area contributed by atoms with Gasteiger partial charge in [0.2, 0.25) is 0 Å². The Balaban J connectivity index is 0.998. The van der Waals surface area contributed by atoms with E-state index >= 15 is 0 Å². The summed E-state index contributed by atoms with van der Waals surface area (Å²) in [6.07, 6.45) is 10.2. The van der Waals surface area contributed by atoms with Crippen molar-refractivity contribution in [1.82, 2.24) is 9.24 Å². The molecule has 3 aromatic heterocycles. The summed E-state index contributed by atoms with van der Waals surface area (Å²) in [5, 5.41) is 12.3. The predicted octanol–water partition coefficient (Wildman–Crippen LogP) is 15.1. The molecule has 8 aromatic carbocycles. The molecular weight excluding hydrogens is 743 g/mol. The molecule has 1 aliphatic carbocycles. The van der Waals surface area contributed by atoms with E-state index in [9.17, 15) is 0 Å². The summed E-state index contributed by atoms with van der Waals surface area (Å²) in [6, 6.07) is 64.8. The molecule has 0 amide bonds. The fourth-order valence-corrected chi connectivity index (χ4v) is 9.38. The molecule has 1 aliphatic rings. The maximum absolute atomic E-state index is 6.55. The van der Waals surface area contributed by atoms with Crippen LogP contribution in [0.3, 0.4) is 0 Å². The normalized spacial score (nSPS) is 14.4. The molecule has 0 aliphatic heterocycles. The van der Waals surface area contributed by atoms with Crippen molar-refractivity contribution in [2.24, 2.45) is 5.10 Å². The molecule has 286 valence electrons. The molecule has 4 nitrogen and oxygen atoms in total. The Morgan fingerprint density at radius 1 is 0.492 bits per heavy atom. The first-order valence-electron chi connectivity index (χ1n) is 20.7. The van der Waals surface area contributed by atoms with E-state index in [0.29, 0.717) is 0 Å². The average molecular weight is 780 g/mol. The highest BCUT2D eigenvalue weighted by Gasteiger charge is 2.19. The molecule has 0 radical (unpaired) electrons. The van der Waals surface area contributed by atoms with Crippen LogP contribution in [0, 0.1) is 0 Å². The minimum Gasteiger partial charge on any atom is -0.456 e. The van der Waals surface area contributed by atoms with Crippen LogP contribution < -0.4 is 0 Å². The second kappa shape index (κ2) is 14.0. The van der Waals surface area contributed by atoms with Gasteiger partial charge in [-0.1, -0.05) is 146 Å². The van der Waals surface area contributed by atoms with Crippen LogP contribution in [0.5, 0.6) is 0 Å². The zero-order chi connectivity index (χ0) is 40.4. The van der Waals surface area contributed by atoms with Gasteiger partial charge < -0.3 is 8.98 Å². The van der Waals surface area contributed by atoms with Crippen LogP contribution in [0.1, 0.15) is 5.56 Å². The molecule has 0 saturated carbocycles. The lowest BCUT2D eigenvalue weighted by atomic mass is 9.94. The Labute approximate surface area is 352 Å². The summed E-state index contributed by atoms with van der Waals surface area (Å²) >= 11 is 0. The third-order valence-corrected chi connectivity index (χ3v) is 12.2. The number of para-hydroxylation sites is 3. The molecule has 0 N–H and O–H groups in total. The van der Waals surface area contributed by atoms with Crippen LogP contribution in [-0.4, -0.2) is 15.0 Å². The van der Waals surface area contributed by atoms with Crippen LogP contribution in [0.25, 0.3) is 99.1 Å². The van der Waals surface area contributed by atoms with Gasteiger partial charge in [-0.05, 0) is 106 Å². The van der Waals surface area contributed by atoms with Crippen molar-refractivity contribution in [1.29, 1.82) is 0 Å². The molecule has 0 saturated heterocycles. The van der Waals surface area contributed by atoms with Crippen LogP contribution >= 0.6 is 0 Å². The maximum Gasteiger partial charge on any atom is 0.136 e. The molecule has 61 heavy (non-hydrogen) atoms. The monoisotopic (exact) mass is 779 g/mol. The van der Waals surface area contributed by atoms with E-state index in [4.69, 9.17) is 9.52 Å². The molecule has 0 fully saturated rings. The predicted molar refractivity (Wildman–Crippen MR) is 257 cm³/mol. The van der Waals surface area contributed by atoms with Gasteiger partial charge in [0.05, 0.1) is 27.8 Å². The molecule has 0 unspecified atom stereocenters. The van der Waals surface area contributed by atoms with Crippen LogP contribution in [0.4, 0.5) is 0 Å². The number of aromatic nitrogens is 2. The van der Waals surface area contributed by atoms with E-state index in [-0.39, 0.29) is 0 Å². The standard InChI is InChI=1S/C57H37N3O/c1-2-42(37-16-5-3-6-17-37)44-20-9-12-24-50(44)58-60-53-26-14-11-22-46(53)48-36-40(29-32-54(48)60)43-23-15-27-56-57(43)49-35-39(30-33-55(49)61-56)38-28-31-52-47(34-38)45-21-10-13-25-51(45)59(52)41-18-7-4-8-19-41/h2-36H,1H2/b44-42+,58-50-. The number of furan rings is 1. The zero-order valence-electron chi connectivity index (χ0n) is 33.2. The van der Waals surface area contributed by atoms with Gasteiger partial charge in [-0.25, -0.2) is 4.68 Å². The smallest absolute Gasteiger partial charge is 0.136 e. The van der Waals surface area contributed by atoms with Crippen LogP contribution in [0.15, 0.2) is 234 Å². The van der Waals surface area contributed by atoms with E-state index in [2.05, 4.69) is 210 Å². The first-order chi connectivity index (χ1) is 30.2. The van der Waals surface area contributed by atoms with Crippen molar-refractivity contribution in [2.75, 3.05) is 0 Å². The molecule has 12 rings (SSSR count). The summed E-state index contributed by atoms with van der Waals surface area (Å²) in [5.74, 6) is 0.